The number of rotatable bonds is 5. The Morgan fingerprint density at radius 1 is 1.30 bits per heavy atom. The minimum absolute atomic E-state index is 0.0714. The highest BCUT2D eigenvalue weighted by Gasteiger charge is 2.26. The van der Waals surface area contributed by atoms with Crippen molar-refractivity contribution in [1.29, 1.82) is 0 Å². The Kier molecular flexibility index (Phi) is 5.65. The van der Waals surface area contributed by atoms with Crippen molar-refractivity contribution in [2.45, 2.75) is 19.4 Å². The zero-order valence-electron chi connectivity index (χ0n) is 13.1. The molecule has 0 aliphatic carbocycles. The minimum Gasteiger partial charge on any atom is -0.369 e. The summed E-state index contributed by atoms with van der Waals surface area (Å²) < 4.78 is 26.5. The molecule has 1 heterocycles. The average Bonchev–Trinajstić information content (AvgIpc) is 2.50. The second-order valence-electron chi connectivity index (χ2n) is 5.97. The molecule has 2 rings (SSSR count). The van der Waals surface area contributed by atoms with E-state index in [0.717, 1.165) is 6.07 Å². The van der Waals surface area contributed by atoms with Crippen molar-refractivity contribution in [3.63, 3.8) is 0 Å². The largest absolute Gasteiger partial charge is 0.369 e. The zero-order valence-corrected chi connectivity index (χ0v) is 13.1. The third kappa shape index (κ3) is 4.72. The number of nitrogens with zero attached hydrogens (tertiary/aromatic N) is 2. The molecule has 1 fully saturated rings. The van der Waals surface area contributed by atoms with Gasteiger partial charge in [-0.2, -0.15) is 0 Å². The lowest BCUT2D eigenvalue weighted by Crippen LogP contribution is -2.45. The Morgan fingerprint density at radius 2 is 1.96 bits per heavy atom. The Labute approximate surface area is 134 Å². The van der Waals surface area contributed by atoms with Crippen LogP contribution in [-0.4, -0.2) is 48.3 Å². The molecular formula is C16H21F2N3O2. The summed E-state index contributed by atoms with van der Waals surface area (Å²) in [6, 6.07) is 3.41. The predicted octanol–water partition coefficient (Wildman–Crippen LogP) is 1.12. The number of primary amides is 1. The van der Waals surface area contributed by atoms with Crippen LogP contribution < -0.4 is 5.73 Å². The van der Waals surface area contributed by atoms with Gasteiger partial charge < -0.3 is 10.6 Å². The maximum atomic E-state index is 13.6. The number of nitrogens with two attached hydrogens (primary N) is 1. The van der Waals surface area contributed by atoms with Crippen LogP contribution >= 0.6 is 0 Å². The van der Waals surface area contributed by atoms with Crippen molar-refractivity contribution in [3.8, 4) is 0 Å². The van der Waals surface area contributed by atoms with Crippen molar-refractivity contribution in [3.05, 3.63) is 35.4 Å². The van der Waals surface area contributed by atoms with E-state index in [2.05, 4.69) is 0 Å². The van der Waals surface area contributed by atoms with Crippen molar-refractivity contribution in [2.24, 2.45) is 11.7 Å². The number of hydrogen-bond acceptors (Lipinski definition) is 3. The molecule has 1 aliphatic rings. The first-order valence-corrected chi connectivity index (χ1v) is 7.56. The van der Waals surface area contributed by atoms with E-state index >= 15 is 0 Å². The van der Waals surface area contributed by atoms with E-state index in [9.17, 15) is 18.4 Å². The van der Waals surface area contributed by atoms with Crippen LogP contribution in [0.4, 0.5) is 8.78 Å². The van der Waals surface area contributed by atoms with Gasteiger partial charge in [0.05, 0.1) is 6.54 Å². The number of carbonyl (C=O) groups excluding carboxylic acids is 2. The molecule has 126 valence electrons. The van der Waals surface area contributed by atoms with Crippen LogP contribution in [0, 0.1) is 17.6 Å². The van der Waals surface area contributed by atoms with E-state index in [4.69, 9.17) is 5.73 Å². The van der Waals surface area contributed by atoms with Crippen LogP contribution in [0.3, 0.4) is 0 Å². The fraction of sp³-hybridized carbons (Fsp3) is 0.500. The maximum absolute atomic E-state index is 13.6. The smallest absolute Gasteiger partial charge is 0.236 e. The third-order valence-corrected chi connectivity index (χ3v) is 4.11. The Hall–Kier alpha value is -2.02. The summed E-state index contributed by atoms with van der Waals surface area (Å²) in [6.07, 6.45) is 1.16. The lowest BCUT2D eigenvalue weighted by Gasteiger charge is -2.31. The molecule has 5 nitrogen and oxygen atoms in total. The SMILES string of the molecule is CN(CC(=O)N1CCC(C(N)=O)CC1)Cc1ccc(F)cc1F. The number of likely N-dealkylation sites (tertiary alicyclic amines) is 1. The van der Waals surface area contributed by atoms with Gasteiger partial charge in [-0.3, -0.25) is 14.5 Å². The highest BCUT2D eigenvalue weighted by molar-refractivity contribution is 5.80. The molecule has 1 aliphatic heterocycles. The monoisotopic (exact) mass is 325 g/mol. The topological polar surface area (TPSA) is 66.6 Å². The second kappa shape index (κ2) is 7.50. The number of hydrogen-bond donors (Lipinski definition) is 1. The molecule has 0 atom stereocenters. The average molecular weight is 325 g/mol. The summed E-state index contributed by atoms with van der Waals surface area (Å²) in [5, 5.41) is 0. The fourth-order valence-corrected chi connectivity index (χ4v) is 2.74. The van der Waals surface area contributed by atoms with Gasteiger partial charge in [0.1, 0.15) is 11.6 Å². The molecule has 1 saturated heterocycles. The molecule has 1 aromatic rings. The Bertz CT molecular complexity index is 587. The quantitative estimate of drug-likeness (QED) is 0.882. The van der Waals surface area contributed by atoms with Gasteiger partial charge in [0, 0.05) is 37.2 Å². The van der Waals surface area contributed by atoms with E-state index in [1.54, 1.807) is 16.8 Å². The normalized spacial score (nSPS) is 15.9. The van der Waals surface area contributed by atoms with Gasteiger partial charge in [-0.25, -0.2) is 8.78 Å². The lowest BCUT2D eigenvalue weighted by molar-refractivity contribution is -0.135. The summed E-state index contributed by atoms with van der Waals surface area (Å²) in [5.41, 5.74) is 5.61. The molecule has 0 bridgehead atoms. The molecule has 2 N–H and O–H groups in total. The summed E-state index contributed by atoms with van der Waals surface area (Å²) in [6.45, 7) is 1.37. The second-order valence-corrected chi connectivity index (χ2v) is 5.97. The summed E-state index contributed by atoms with van der Waals surface area (Å²) in [7, 11) is 1.71. The number of amides is 2. The Morgan fingerprint density at radius 3 is 2.52 bits per heavy atom. The number of likely N-dealkylation sites (N-methyl/N-ethyl adjacent to an activating group) is 1. The van der Waals surface area contributed by atoms with Crippen molar-refractivity contribution >= 4 is 11.8 Å². The molecule has 0 saturated carbocycles. The lowest BCUT2D eigenvalue weighted by atomic mass is 9.96. The number of benzene rings is 1. The van der Waals surface area contributed by atoms with Crippen molar-refractivity contribution in [1.82, 2.24) is 9.80 Å². The molecular weight excluding hydrogens is 304 g/mol. The maximum Gasteiger partial charge on any atom is 0.236 e. The third-order valence-electron chi connectivity index (χ3n) is 4.11. The highest BCUT2D eigenvalue weighted by Crippen LogP contribution is 2.17. The van der Waals surface area contributed by atoms with Crippen LogP contribution in [0.5, 0.6) is 0 Å². The van der Waals surface area contributed by atoms with E-state index < -0.39 is 11.6 Å². The Balaban J connectivity index is 1.84. The standard InChI is InChI=1S/C16H21F2N3O2/c1-20(9-12-2-3-13(17)8-14(12)18)10-15(22)21-6-4-11(5-7-21)16(19)23/h2-3,8,11H,4-7,9-10H2,1H3,(H2,19,23). The number of piperidine rings is 1. The highest BCUT2D eigenvalue weighted by atomic mass is 19.1. The molecule has 1 aromatic carbocycles. The molecule has 0 unspecified atom stereocenters. The van der Waals surface area contributed by atoms with Crippen molar-refractivity contribution < 1.29 is 18.4 Å². The summed E-state index contributed by atoms with van der Waals surface area (Å²) in [5.74, 6) is -1.79. The van der Waals surface area contributed by atoms with Crippen LogP contribution in [0.25, 0.3) is 0 Å². The first-order chi connectivity index (χ1) is 10.9. The molecule has 0 aromatic heterocycles. The van der Waals surface area contributed by atoms with Gasteiger partial charge in [-0.1, -0.05) is 6.07 Å². The zero-order chi connectivity index (χ0) is 17.0. The van der Waals surface area contributed by atoms with E-state index in [-0.39, 0.29) is 30.8 Å². The van der Waals surface area contributed by atoms with Crippen LogP contribution in [0.15, 0.2) is 18.2 Å². The van der Waals surface area contributed by atoms with Gasteiger partial charge in [0.25, 0.3) is 0 Å². The first-order valence-electron chi connectivity index (χ1n) is 7.56. The first kappa shape index (κ1) is 17.3. The van der Waals surface area contributed by atoms with Crippen LogP contribution in [-0.2, 0) is 16.1 Å². The molecule has 23 heavy (non-hydrogen) atoms. The van der Waals surface area contributed by atoms with E-state index in [0.29, 0.717) is 31.5 Å². The van der Waals surface area contributed by atoms with E-state index in [1.165, 1.54) is 12.1 Å². The van der Waals surface area contributed by atoms with Gasteiger partial charge in [0.2, 0.25) is 11.8 Å². The predicted molar refractivity (Wildman–Crippen MR) is 81.2 cm³/mol. The van der Waals surface area contributed by atoms with Crippen LogP contribution in [0.2, 0.25) is 0 Å². The minimum atomic E-state index is -0.623. The van der Waals surface area contributed by atoms with Crippen molar-refractivity contribution in [2.75, 3.05) is 26.7 Å². The number of halogens is 2. The molecule has 0 radical (unpaired) electrons. The molecule has 7 heteroatoms. The summed E-state index contributed by atoms with van der Waals surface area (Å²) in [4.78, 5) is 26.7. The number of carbonyl (C=O) groups is 2. The summed E-state index contributed by atoms with van der Waals surface area (Å²) >= 11 is 0. The van der Waals surface area contributed by atoms with Crippen LogP contribution in [0.1, 0.15) is 18.4 Å². The van der Waals surface area contributed by atoms with Gasteiger partial charge in [-0.15, -0.1) is 0 Å². The fourth-order valence-electron chi connectivity index (χ4n) is 2.74. The molecule has 2 amide bonds. The van der Waals surface area contributed by atoms with Gasteiger partial charge in [-0.05, 0) is 26.0 Å². The van der Waals surface area contributed by atoms with Gasteiger partial charge >= 0.3 is 0 Å². The van der Waals surface area contributed by atoms with Gasteiger partial charge in [0.15, 0.2) is 0 Å². The molecule has 0 spiro atoms. The van der Waals surface area contributed by atoms with E-state index in [1.807, 2.05) is 0 Å².